The third kappa shape index (κ3) is 2.75. The Morgan fingerprint density at radius 3 is 2.91 bits per heavy atom. The third-order valence-corrected chi connectivity index (χ3v) is 5.04. The number of H-pyrrole nitrogens is 1. The molecule has 6 nitrogen and oxygen atoms in total. The van der Waals surface area contributed by atoms with E-state index in [4.69, 9.17) is 0 Å². The summed E-state index contributed by atoms with van der Waals surface area (Å²) in [6.45, 7) is 0. The molecule has 0 bridgehead atoms. The molecule has 0 spiro atoms. The molecule has 1 amide bonds. The fraction of sp³-hybridized carbons (Fsp3) is 0.250. The van der Waals surface area contributed by atoms with Crippen molar-refractivity contribution < 1.29 is 4.79 Å². The van der Waals surface area contributed by atoms with E-state index in [1.807, 2.05) is 12.1 Å². The van der Waals surface area contributed by atoms with Gasteiger partial charge in [-0.25, -0.2) is 0 Å². The first kappa shape index (κ1) is 14.1. The Kier molecular flexibility index (Phi) is 3.63. The molecule has 1 aliphatic rings. The van der Waals surface area contributed by atoms with E-state index >= 15 is 0 Å². The van der Waals surface area contributed by atoms with E-state index in [1.54, 1.807) is 12.4 Å². The highest BCUT2D eigenvalue weighted by Gasteiger charge is 2.21. The Hall–Kier alpha value is -2.54. The molecule has 0 saturated carbocycles. The van der Waals surface area contributed by atoms with Crippen LogP contribution in [0, 0.1) is 0 Å². The molecule has 116 valence electrons. The van der Waals surface area contributed by atoms with E-state index in [-0.39, 0.29) is 5.91 Å². The number of thiophene rings is 1. The molecule has 0 unspecified atom stereocenters. The van der Waals surface area contributed by atoms with Crippen LogP contribution < -0.4 is 5.32 Å². The lowest BCUT2D eigenvalue weighted by molar-refractivity contribution is 0.102. The number of pyridine rings is 1. The van der Waals surface area contributed by atoms with Gasteiger partial charge in [-0.2, -0.15) is 4.98 Å². The lowest BCUT2D eigenvalue weighted by Gasteiger charge is -2.12. The number of aromatic amines is 1. The van der Waals surface area contributed by atoms with Crippen LogP contribution in [-0.2, 0) is 12.8 Å². The van der Waals surface area contributed by atoms with E-state index in [1.165, 1.54) is 28.9 Å². The smallest absolute Gasteiger partial charge is 0.268 e. The number of anilines is 1. The van der Waals surface area contributed by atoms with Gasteiger partial charge in [0, 0.05) is 18.0 Å². The van der Waals surface area contributed by atoms with E-state index < -0.39 is 0 Å². The van der Waals surface area contributed by atoms with Crippen LogP contribution in [0.1, 0.15) is 33.6 Å². The van der Waals surface area contributed by atoms with Crippen LogP contribution >= 0.6 is 11.3 Å². The van der Waals surface area contributed by atoms with E-state index in [0.29, 0.717) is 11.8 Å². The molecule has 3 heterocycles. The molecule has 3 aromatic rings. The maximum Gasteiger partial charge on any atom is 0.268 e. The Morgan fingerprint density at radius 2 is 2.04 bits per heavy atom. The molecule has 23 heavy (non-hydrogen) atoms. The van der Waals surface area contributed by atoms with Crippen molar-refractivity contribution in [1.82, 2.24) is 20.2 Å². The predicted molar refractivity (Wildman–Crippen MR) is 88.5 cm³/mol. The summed E-state index contributed by atoms with van der Waals surface area (Å²) >= 11 is 1.51. The van der Waals surface area contributed by atoms with Gasteiger partial charge in [-0.1, -0.05) is 0 Å². The van der Waals surface area contributed by atoms with Gasteiger partial charge in [0.25, 0.3) is 5.91 Å². The molecule has 4 rings (SSSR count). The highest BCUT2D eigenvalue weighted by atomic mass is 32.1. The lowest BCUT2D eigenvalue weighted by atomic mass is 9.94. The van der Waals surface area contributed by atoms with Gasteiger partial charge in [0.05, 0.1) is 4.88 Å². The lowest BCUT2D eigenvalue weighted by Crippen LogP contribution is -2.14. The normalized spacial score (nSPS) is 13.6. The van der Waals surface area contributed by atoms with Gasteiger partial charge < -0.3 is 0 Å². The Balaban J connectivity index is 1.53. The number of rotatable bonds is 3. The first-order valence-electron chi connectivity index (χ1n) is 7.54. The number of aryl methyl sites for hydroxylation is 1. The van der Waals surface area contributed by atoms with Crippen molar-refractivity contribution in [2.24, 2.45) is 0 Å². The zero-order chi connectivity index (χ0) is 15.6. The van der Waals surface area contributed by atoms with Gasteiger partial charge in [-0.15, -0.1) is 16.4 Å². The van der Waals surface area contributed by atoms with Gasteiger partial charge in [-0.05, 0) is 54.3 Å². The number of nitrogens with zero attached hydrogens (tertiary/aromatic N) is 3. The fourth-order valence-corrected chi connectivity index (χ4v) is 3.88. The fourth-order valence-electron chi connectivity index (χ4n) is 2.82. The van der Waals surface area contributed by atoms with Gasteiger partial charge in [0.1, 0.15) is 0 Å². The highest BCUT2D eigenvalue weighted by molar-refractivity contribution is 7.12. The first-order chi connectivity index (χ1) is 11.3. The zero-order valence-corrected chi connectivity index (χ0v) is 13.2. The molecule has 3 aromatic heterocycles. The number of carbonyl (C=O) groups excluding carboxylic acids is 1. The minimum absolute atomic E-state index is 0.126. The van der Waals surface area contributed by atoms with Crippen LogP contribution in [0.2, 0.25) is 0 Å². The topological polar surface area (TPSA) is 83.6 Å². The van der Waals surface area contributed by atoms with Crippen LogP contribution in [0.3, 0.4) is 0 Å². The molecule has 1 aliphatic carbocycles. The number of hydrogen-bond donors (Lipinski definition) is 2. The second-order valence-electron chi connectivity index (χ2n) is 5.47. The Bertz CT molecular complexity index is 839. The number of fused-ring (bicyclic) bond motifs is 1. The molecule has 7 heteroatoms. The van der Waals surface area contributed by atoms with Crippen LogP contribution in [0.4, 0.5) is 5.95 Å². The SMILES string of the molecule is O=C(Nc1n[nH]c(-c2ccncc2)n1)c1scc2c1CCCC2. The summed E-state index contributed by atoms with van der Waals surface area (Å²) < 4.78 is 0. The monoisotopic (exact) mass is 325 g/mol. The summed E-state index contributed by atoms with van der Waals surface area (Å²) in [6.07, 6.45) is 7.80. The number of amides is 1. The number of nitrogens with one attached hydrogen (secondary N) is 2. The number of hydrogen-bond acceptors (Lipinski definition) is 5. The Labute approximate surface area is 137 Å². The van der Waals surface area contributed by atoms with E-state index in [0.717, 1.165) is 29.7 Å². The third-order valence-electron chi connectivity index (χ3n) is 3.97. The molecule has 0 atom stereocenters. The van der Waals surface area contributed by atoms with Crippen molar-refractivity contribution in [2.45, 2.75) is 25.7 Å². The largest absolute Gasteiger partial charge is 0.288 e. The second kappa shape index (κ2) is 5.92. The maximum absolute atomic E-state index is 12.5. The maximum atomic E-state index is 12.5. The molecule has 2 N–H and O–H groups in total. The van der Waals surface area contributed by atoms with Crippen LogP contribution in [-0.4, -0.2) is 26.1 Å². The van der Waals surface area contributed by atoms with Crippen molar-refractivity contribution >= 4 is 23.2 Å². The zero-order valence-electron chi connectivity index (χ0n) is 12.4. The highest BCUT2D eigenvalue weighted by Crippen LogP contribution is 2.30. The quantitative estimate of drug-likeness (QED) is 0.775. The summed E-state index contributed by atoms with van der Waals surface area (Å²) in [5, 5.41) is 11.8. The summed E-state index contributed by atoms with van der Waals surface area (Å²) in [5.74, 6) is 0.772. The van der Waals surface area contributed by atoms with Crippen LogP contribution in [0.15, 0.2) is 29.9 Å². The minimum atomic E-state index is -0.126. The molecule has 0 fully saturated rings. The van der Waals surface area contributed by atoms with Gasteiger partial charge in [0.15, 0.2) is 5.82 Å². The predicted octanol–water partition coefficient (Wildman–Crippen LogP) is 3.06. The molecule has 0 saturated heterocycles. The van der Waals surface area contributed by atoms with Crippen LogP contribution in [0.5, 0.6) is 0 Å². The van der Waals surface area contributed by atoms with Crippen molar-refractivity contribution in [2.75, 3.05) is 5.32 Å². The summed E-state index contributed by atoms with van der Waals surface area (Å²) in [6, 6.07) is 3.67. The van der Waals surface area contributed by atoms with Crippen molar-refractivity contribution in [3.8, 4) is 11.4 Å². The molecule has 0 radical (unpaired) electrons. The Morgan fingerprint density at radius 1 is 1.22 bits per heavy atom. The number of aromatic nitrogens is 4. The van der Waals surface area contributed by atoms with Gasteiger partial charge in [-0.3, -0.25) is 20.2 Å². The standard InChI is InChI=1S/C16H15N5OS/c22-15(13-12-4-2-1-3-11(12)9-23-13)19-16-18-14(20-21-16)10-5-7-17-8-6-10/h5-9H,1-4H2,(H2,18,19,20,21,22). The van der Waals surface area contributed by atoms with Crippen molar-refractivity contribution in [3.63, 3.8) is 0 Å². The van der Waals surface area contributed by atoms with Crippen molar-refractivity contribution in [3.05, 3.63) is 45.9 Å². The van der Waals surface area contributed by atoms with Gasteiger partial charge in [0.2, 0.25) is 5.95 Å². The molecule has 0 aliphatic heterocycles. The average molecular weight is 325 g/mol. The summed E-state index contributed by atoms with van der Waals surface area (Å²) in [4.78, 5) is 21.6. The minimum Gasteiger partial charge on any atom is -0.288 e. The first-order valence-corrected chi connectivity index (χ1v) is 8.42. The number of carbonyl (C=O) groups is 1. The van der Waals surface area contributed by atoms with E-state index in [2.05, 4.69) is 30.9 Å². The average Bonchev–Trinajstić information content (AvgIpc) is 3.22. The van der Waals surface area contributed by atoms with E-state index in [9.17, 15) is 4.79 Å². The molecular formula is C16H15N5OS. The summed E-state index contributed by atoms with van der Waals surface area (Å²) in [7, 11) is 0. The van der Waals surface area contributed by atoms with Crippen LogP contribution in [0.25, 0.3) is 11.4 Å². The summed E-state index contributed by atoms with van der Waals surface area (Å²) in [5.41, 5.74) is 3.39. The van der Waals surface area contributed by atoms with Crippen molar-refractivity contribution in [1.29, 1.82) is 0 Å². The second-order valence-corrected chi connectivity index (χ2v) is 6.35. The van der Waals surface area contributed by atoms with Gasteiger partial charge >= 0.3 is 0 Å². The molecular weight excluding hydrogens is 310 g/mol. The molecule has 0 aromatic carbocycles.